The van der Waals surface area contributed by atoms with E-state index in [1.807, 2.05) is 19.1 Å². The van der Waals surface area contributed by atoms with Crippen molar-refractivity contribution >= 4 is 23.0 Å². The SMILES string of the molecule is CCCC1OC(NC2CC2)=C(c2cccc(Cl)c2OC)C1=O. The summed E-state index contributed by atoms with van der Waals surface area (Å²) in [7, 11) is 1.56. The Labute approximate surface area is 135 Å². The lowest BCUT2D eigenvalue weighted by atomic mass is 9.98. The molecule has 1 fully saturated rings. The number of nitrogens with one attached hydrogen (secondary N) is 1. The van der Waals surface area contributed by atoms with E-state index in [1.54, 1.807) is 13.2 Å². The van der Waals surface area contributed by atoms with Gasteiger partial charge in [0, 0.05) is 11.6 Å². The molecule has 1 aliphatic carbocycles. The van der Waals surface area contributed by atoms with Gasteiger partial charge in [0.25, 0.3) is 0 Å². The third kappa shape index (κ3) is 2.80. The highest BCUT2D eigenvalue weighted by atomic mass is 35.5. The van der Waals surface area contributed by atoms with Crippen LogP contribution in [0.5, 0.6) is 5.75 Å². The second-order valence-corrected chi connectivity index (χ2v) is 6.11. The number of benzene rings is 1. The smallest absolute Gasteiger partial charge is 0.209 e. The number of carbonyl (C=O) groups excluding carboxylic acids is 1. The predicted octanol–water partition coefficient (Wildman–Crippen LogP) is 3.54. The van der Waals surface area contributed by atoms with Crippen LogP contribution < -0.4 is 10.1 Å². The van der Waals surface area contributed by atoms with Gasteiger partial charge in [0.15, 0.2) is 12.0 Å². The monoisotopic (exact) mass is 321 g/mol. The highest BCUT2D eigenvalue weighted by Gasteiger charge is 2.38. The molecule has 0 radical (unpaired) electrons. The number of para-hydroxylation sites is 1. The van der Waals surface area contributed by atoms with Gasteiger partial charge in [-0.15, -0.1) is 0 Å². The number of rotatable bonds is 6. The van der Waals surface area contributed by atoms with Crippen molar-refractivity contribution in [1.82, 2.24) is 5.32 Å². The minimum Gasteiger partial charge on any atom is -0.495 e. The second kappa shape index (κ2) is 6.21. The second-order valence-electron chi connectivity index (χ2n) is 5.70. The lowest BCUT2D eigenvalue weighted by molar-refractivity contribution is -0.120. The molecule has 1 aromatic rings. The van der Waals surface area contributed by atoms with Crippen LogP contribution in [0.2, 0.25) is 5.02 Å². The van der Waals surface area contributed by atoms with Crippen LogP contribution >= 0.6 is 11.6 Å². The van der Waals surface area contributed by atoms with Gasteiger partial charge in [-0.05, 0) is 25.3 Å². The molecule has 0 aromatic heterocycles. The zero-order valence-electron chi connectivity index (χ0n) is 12.8. The fraction of sp³-hybridized carbons (Fsp3) is 0.471. The van der Waals surface area contributed by atoms with Crippen LogP contribution in [0.3, 0.4) is 0 Å². The molecule has 0 amide bonds. The topological polar surface area (TPSA) is 47.6 Å². The Morgan fingerprint density at radius 1 is 1.41 bits per heavy atom. The van der Waals surface area contributed by atoms with Gasteiger partial charge in [-0.3, -0.25) is 4.79 Å². The Morgan fingerprint density at radius 3 is 2.82 bits per heavy atom. The standard InChI is InChI=1S/C17H20ClNO3/c1-3-5-13-15(20)14(17(22-13)19-10-8-9-10)11-6-4-7-12(18)16(11)21-2/h4,6-7,10,13,19H,3,5,8-9H2,1-2H3. The van der Waals surface area contributed by atoms with Crippen molar-refractivity contribution in [2.24, 2.45) is 0 Å². The van der Waals surface area contributed by atoms with Crippen LogP contribution in [-0.2, 0) is 9.53 Å². The Bertz CT molecular complexity index is 622. The minimum absolute atomic E-state index is 0.00515. The van der Waals surface area contributed by atoms with E-state index in [4.69, 9.17) is 21.1 Å². The van der Waals surface area contributed by atoms with Gasteiger partial charge in [-0.2, -0.15) is 0 Å². The van der Waals surface area contributed by atoms with E-state index in [2.05, 4.69) is 5.32 Å². The Kier molecular flexibility index (Phi) is 4.30. The molecule has 0 bridgehead atoms. The van der Waals surface area contributed by atoms with Crippen LogP contribution in [0.4, 0.5) is 0 Å². The van der Waals surface area contributed by atoms with Gasteiger partial charge < -0.3 is 14.8 Å². The molecule has 4 nitrogen and oxygen atoms in total. The number of Topliss-reactive ketones (excluding diaryl/α,β-unsaturated/α-hetero) is 1. The summed E-state index contributed by atoms with van der Waals surface area (Å²) in [6, 6.07) is 5.83. The fourth-order valence-electron chi connectivity index (χ4n) is 2.67. The summed E-state index contributed by atoms with van der Waals surface area (Å²) in [5.74, 6) is 1.10. The lowest BCUT2D eigenvalue weighted by Crippen LogP contribution is -2.20. The van der Waals surface area contributed by atoms with Gasteiger partial charge in [-0.1, -0.05) is 37.1 Å². The molecular formula is C17H20ClNO3. The number of methoxy groups -OCH3 is 1. The zero-order chi connectivity index (χ0) is 15.7. The molecule has 0 saturated heterocycles. The maximum atomic E-state index is 12.8. The number of carbonyl (C=O) groups is 1. The number of ether oxygens (including phenoxy) is 2. The quantitative estimate of drug-likeness (QED) is 0.870. The Hall–Kier alpha value is -1.68. The van der Waals surface area contributed by atoms with Crippen molar-refractivity contribution in [3.05, 3.63) is 34.7 Å². The first kappa shape index (κ1) is 15.2. The molecule has 1 N–H and O–H groups in total. The molecular weight excluding hydrogens is 302 g/mol. The molecule has 2 aliphatic rings. The van der Waals surface area contributed by atoms with Gasteiger partial charge in [0.2, 0.25) is 5.78 Å². The predicted molar refractivity (Wildman–Crippen MR) is 85.9 cm³/mol. The highest BCUT2D eigenvalue weighted by molar-refractivity contribution is 6.33. The minimum atomic E-state index is -0.412. The van der Waals surface area contributed by atoms with E-state index in [0.29, 0.717) is 40.3 Å². The first-order valence-corrected chi connectivity index (χ1v) is 8.08. The molecule has 3 rings (SSSR count). The van der Waals surface area contributed by atoms with Crippen LogP contribution in [0.25, 0.3) is 5.57 Å². The number of hydrogen-bond acceptors (Lipinski definition) is 4. The molecule has 0 spiro atoms. The lowest BCUT2D eigenvalue weighted by Gasteiger charge is -2.12. The molecule has 5 heteroatoms. The van der Waals surface area contributed by atoms with Crippen molar-refractivity contribution in [3.63, 3.8) is 0 Å². The van der Waals surface area contributed by atoms with Crippen LogP contribution in [0.15, 0.2) is 24.1 Å². The van der Waals surface area contributed by atoms with E-state index in [1.165, 1.54) is 0 Å². The average molecular weight is 322 g/mol. The normalized spacial score (nSPS) is 21.0. The van der Waals surface area contributed by atoms with Crippen molar-refractivity contribution in [3.8, 4) is 5.75 Å². The Balaban J connectivity index is 2.03. The Morgan fingerprint density at radius 2 is 2.18 bits per heavy atom. The van der Waals surface area contributed by atoms with Crippen molar-refractivity contribution in [2.45, 2.75) is 44.8 Å². The first-order chi connectivity index (χ1) is 10.7. The maximum Gasteiger partial charge on any atom is 0.209 e. The van der Waals surface area contributed by atoms with Crippen molar-refractivity contribution < 1.29 is 14.3 Å². The third-order valence-electron chi connectivity index (χ3n) is 3.93. The van der Waals surface area contributed by atoms with Gasteiger partial charge in [0.1, 0.15) is 5.75 Å². The van der Waals surface area contributed by atoms with Gasteiger partial charge in [-0.25, -0.2) is 0 Å². The average Bonchev–Trinajstić information content (AvgIpc) is 3.25. The largest absolute Gasteiger partial charge is 0.495 e. The summed E-state index contributed by atoms with van der Waals surface area (Å²) in [5.41, 5.74) is 1.26. The zero-order valence-corrected chi connectivity index (χ0v) is 13.6. The van der Waals surface area contributed by atoms with Gasteiger partial charge >= 0.3 is 0 Å². The fourth-order valence-corrected chi connectivity index (χ4v) is 2.92. The summed E-state index contributed by atoms with van der Waals surface area (Å²) in [5, 5.41) is 3.82. The van der Waals surface area contributed by atoms with Crippen LogP contribution in [0.1, 0.15) is 38.2 Å². The molecule has 118 valence electrons. The van der Waals surface area contributed by atoms with Gasteiger partial charge in [0.05, 0.1) is 17.7 Å². The molecule has 1 unspecified atom stereocenters. The molecule has 1 saturated carbocycles. The number of halogens is 1. The number of hydrogen-bond donors (Lipinski definition) is 1. The molecule has 22 heavy (non-hydrogen) atoms. The molecule has 1 atom stereocenters. The third-order valence-corrected chi connectivity index (χ3v) is 4.23. The summed E-state index contributed by atoms with van der Waals surface area (Å²) in [6.07, 6.45) is 3.41. The summed E-state index contributed by atoms with van der Waals surface area (Å²) >= 11 is 6.20. The molecule has 1 aliphatic heterocycles. The summed E-state index contributed by atoms with van der Waals surface area (Å²) < 4.78 is 11.3. The van der Waals surface area contributed by atoms with Crippen molar-refractivity contribution in [1.29, 1.82) is 0 Å². The summed E-state index contributed by atoms with van der Waals surface area (Å²) in [6.45, 7) is 2.04. The maximum absolute atomic E-state index is 12.8. The highest BCUT2D eigenvalue weighted by Crippen LogP contribution is 2.39. The molecule has 1 aromatic carbocycles. The molecule has 1 heterocycles. The van der Waals surface area contributed by atoms with E-state index >= 15 is 0 Å². The van der Waals surface area contributed by atoms with Crippen molar-refractivity contribution in [2.75, 3.05) is 7.11 Å². The van der Waals surface area contributed by atoms with Crippen LogP contribution in [0, 0.1) is 0 Å². The first-order valence-electron chi connectivity index (χ1n) is 7.70. The van der Waals surface area contributed by atoms with E-state index in [-0.39, 0.29) is 5.78 Å². The van der Waals surface area contributed by atoms with E-state index in [0.717, 1.165) is 19.3 Å². The summed E-state index contributed by atoms with van der Waals surface area (Å²) in [4.78, 5) is 12.8. The van der Waals surface area contributed by atoms with Crippen LogP contribution in [-0.4, -0.2) is 25.0 Å². The number of ketones is 1. The van der Waals surface area contributed by atoms with E-state index in [9.17, 15) is 4.79 Å². The van der Waals surface area contributed by atoms with E-state index < -0.39 is 6.10 Å².